The Morgan fingerprint density at radius 2 is 2.30 bits per heavy atom. The number of nitrogens with one attached hydrogen (secondary N) is 1. The average Bonchev–Trinajstić information content (AvgIpc) is 3.05. The van der Waals surface area contributed by atoms with Crippen molar-refractivity contribution < 1.29 is 12.8 Å². The number of nitrogens with zero attached hydrogens (tertiary/aromatic N) is 1. The lowest BCUT2D eigenvalue weighted by Gasteiger charge is -2.14. The van der Waals surface area contributed by atoms with Gasteiger partial charge in [-0.15, -0.1) is 11.3 Å². The van der Waals surface area contributed by atoms with Gasteiger partial charge in [-0.05, 0) is 13.3 Å². The molecule has 0 spiro atoms. The number of sulfonamides is 1. The molecule has 20 heavy (non-hydrogen) atoms. The fraction of sp³-hybridized carbons (Fsp3) is 0.417. The first-order valence-electron chi connectivity index (χ1n) is 6.19. The lowest BCUT2D eigenvalue weighted by Crippen LogP contribution is -2.28. The summed E-state index contributed by atoms with van der Waals surface area (Å²) >= 11 is 1.42. The highest BCUT2D eigenvalue weighted by atomic mass is 32.2. The van der Waals surface area contributed by atoms with Crippen molar-refractivity contribution in [1.29, 1.82) is 0 Å². The molecule has 2 aromatic heterocycles. The fourth-order valence-corrected chi connectivity index (χ4v) is 4.19. The third-order valence-corrected chi connectivity index (χ3v) is 5.34. The van der Waals surface area contributed by atoms with E-state index in [0.29, 0.717) is 17.9 Å². The van der Waals surface area contributed by atoms with Crippen molar-refractivity contribution in [2.45, 2.75) is 37.8 Å². The maximum atomic E-state index is 12.4. The zero-order valence-electron chi connectivity index (χ0n) is 11.3. The van der Waals surface area contributed by atoms with E-state index >= 15 is 0 Å². The van der Waals surface area contributed by atoms with E-state index in [1.54, 1.807) is 13.1 Å². The second-order valence-electron chi connectivity index (χ2n) is 4.29. The minimum atomic E-state index is -3.65. The monoisotopic (exact) mass is 315 g/mol. The van der Waals surface area contributed by atoms with Crippen LogP contribution in [0.1, 0.15) is 35.9 Å². The van der Waals surface area contributed by atoms with Crippen LogP contribution in [0, 0.1) is 6.92 Å². The quantitative estimate of drug-likeness (QED) is 0.848. The lowest BCUT2D eigenvalue weighted by atomic mass is 10.3. The second-order valence-corrected chi connectivity index (χ2v) is 6.90. The standard InChI is InChI=1S/C12H17N3O3S2/c1-3-10(12-14-4-5-19-12)15-20(16,17)11-6-9(7-13)18-8(11)2/h4-6,10,15H,3,7,13H2,1-2H3. The van der Waals surface area contributed by atoms with Crippen LogP contribution in [0.15, 0.2) is 27.0 Å². The summed E-state index contributed by atoms with van der Waals surface area (Å²) in [5, 5.41) is 2.57. The van der Waals surface area contributed by atoms with Gasteiger partial charge in [-0.25, -0.2) is 18.1 Å². The van der Waals surface area contributed by atoms with Gasteiger partial charge < -0.3 is 10.2 Å². The number of thiazole rings is 1. The fourth-order valence-electron chi connectivity index (χ4n) is 1.86. The van der Waals surface area contributed by atoms with E-state index in [0.717, 1.165) is 5.01 Å². The number of aryl methyl sites for hydroxylation is 1. The smallest absolute Gasteiger partial charge is 0.244 e. The van der Waals surface area contributed by atoms with Gasteiger partial charge in [0.25, 0.3) is 0 Å². The number of nitrogens with two attached hydrogens (primary N) is 1. The van der Waals surface area contributed by atoms with Gasteiger partial charge in [0.15, 0.2) is 0 Å². The maximum Gasteiger partial charge on any atom is 0.244 e. The summed E-state index contributed by atoms with van der Waals surface area (Å²) in [5.41, 5.74) is 5.46. The van der Waals surface area contributed by atoms with E-state index in [1.165, 1.54) is 17.4 Å². The highest BCUT2D eigenvalue weighted by molar-refractivity contribution is 7.89. The Labute approximate surface area is 122 Å². The Balaban J connectivity index is 2.28. The molecule has 2 rings (SSSR count). The molecule has 110 valence electrons. The summed E-state index contributed by atoms with van der Waals surface area (Å²) in [6, 6.07) is 1.13. The number of hydrogen-bond acceptors (Lipinski definition) is 6. The van der Waals surface area contributed by atoms with E-state index in [1.807, 2.05) is 12.3 Å². The van der Waals surface area contributed by atoms with Crippen molar-refractivity contribution in [3.8, 4) is 0 Å². The van der Waals surface area contributed by atoms with Crippen LogP contribution < -0.4 is 10.5 Å². The summed E-state index contributed by atoms with van der Waals surface area (Å²) in [7, 11) is -3.65. The van der Waals surface area contributed by atoms with Crippen molar-refractivity contribution in [3.05, 3.63) is 34.2 Å². The van der Waals surface area contributed by atoms with Crippen molar-refractivity contribution in [2.24, 2.45) is 5.73 Å². The first-order chi connectivity index (χ1) is 9.47. The molecule has 3 N–H and O–H groups in total. The highest BCUT2D eigenvalue weighted by Crippen LogP contribution is 2.25. The predicted molar refractivity (Wildman–Crippen MR) is 76.8 cm³/mol. The van der Waals surface area contributed by atoms with Crippen LogP contribution in [0.25, 0.3) is 0 Å². The van der Waals surface area contributed by atoms with E-state index in [9.17, 15) is 8.42 Å². The van der Waals surface area contributed by atoms with Crippen LogP contribution in [0.3, 0.4) is 0 Å². The van der Waals surface area contributed by atoms with E-state index in [-0.39, 0.29) is 17.5 Å². The van der Waals surface area contributed by atoms with Gasteiger partial charge in [0.1, 0.15) is 21.4 Å². The van der Waals surface area contributed by atoms with Crippen LogP contribution in [-0.4, -0.2) is 13.4 Å². The minimum absolute atomic E-state index is 0.132. The van der Waals surface area contributed by atoms with Crippen LogP contribution >= 0.6 is 11.3 Å². The highest BCUT2D eigenvalue weighted by Gasteiger charge is 2.25. The number of hydrogen-bond donors (Lipinski definition) is 2. The lowest BCUT2D eigenvalue weighted by molar-refractivity contribution is 0.477. The van der Waals surface area contributed by atoms with Crippen LogP contribution in [0.2, 0.25) is 0 Å². The predicted octanol–water partition coefficient (Wildman–Crippen LogP) is 1.93. The van der Waals surface area contributed by atoms with Gasteiger partial charge in [-0.2, -0.15) is 0 Å². The molecule has 0 bridgehead atoms. The maximum absolute atomic E-state index is 12.4. The number of furan rings is 1. The van der Waals surface area contributed by atoms with Crippen molar-refractivity contribution in [2.75, 3.05) is 0 Å². The summed E-state index contributed by atoms with van der Waals surface area (Å²) in [6.07, 6.45) is 2.28. The SMILES string of the molecule is CCC(NS(=O)(=O)c1cc(CN)oc1C)c1nccs1. The van der Waals surface area contributed by atoms with E-state index in [4.69, 9.17) is 10.2 Å². The molecule has 0 aromatic carbocycles. The summed E-state index contributed by atoms with van der Waals surface area (Å²) in [5.74, 6) is 0.789. The summed E-state index contributed by atoms with van der Waals surface area (Å²) in [6.45, 7) is 3.68. The minimum Gasteiger partial charge on any atom is -0.464 e. The Hall–Kier alpha value is -1.22. The largest absolute Gasteiger partial charge is 0.464 e. The van der Waals surface area contributed by atoms with Gasteiger partial charge >= 0.3 is 0 Å². The Morgan fingerprint density at radius 3 is 2.80 bits per heavy atom. The molecule has 0 fully saturated rings. The molecule has 6 nitrogen and oxygen atoms in total. The molecule has 0 saturated heterocycles. The van der Waals surface area contributed by atoms with E-state index < -0.39 is 10.0 Å². The number of rotatable bonds is 6. The zero-order valence-corrected chi connectivity index (χ0v) is 12.9. The van der Waals surface area contributed by atoms with Gasteiger partial charge in [-0.3, -0.25) is 0 Å². The third kappa shape index (κ3) is 3.09. The third-order valence-electron chi connectivity index (χ3n) is 2.87. The first kappa shape index (κ1) is 15.2. The van der Waals surface area contributed by atoms with Crippen molar-refractivity contribution >= 4 is 21.4 Å². The van der Waals surface area contributed by atoms with Gasteiger partial charge in [0.2, 0.25) is 10.0 Å². The van der Waals surface area contributed by atoms with Crippen LogP contribution in [0.4, 0.5) is 0 Å². The first-order valence-corrected chi connectivity index (χ1v) is 8.55. The van der Waals surface area contributed by atoms with Crippen LogP contribution in [0.5, 0.6) is 0 Å². The van der Waals surface area contributed by atoms with Gasteiger partial charge in [0.05, 0.1) is 12.6 Å². The molecule has 0 amide bonds. The van der Waals surface area contributed by atoms with Crippen LogP contribution in [-0.2, 0) is 16.6 Å². The molecule has 2 heterocycles. The molecule has 0 radical (unpaired) electrons. The molecule has 8 heteroatoms. The van der Waals surface area contributed by atoms with E-state index in [2.05, 4.69) is 9.71 Å². The Kier molecular flexibility index (Phi) is 4.59. The number of aromatic nitrogens is 1. The molecular weight excluding hydrogens is 298 g/mol. The normalized spacial score (nSPS) is 13.6. The van der Waals surface area contributed by atoms with Gasteiger partial charge in [0, 0.05) is 17.6 Å². The molecule has 0 saturated carbocycles. The van der Waals surface area contributed by atoms with Crippen molar-refractivity contribution in [3.63, 3.8) is 0 Å². The average molecular weight is 315 g/mol. The molecule has 1 atom stereocenters. The Morgan fingerprint density at radius 1 is 1.55 bits per heavy atom. The second kappa shape index (κ2) is 6.04. The zero-order chi connectivity index (χ0) is 14.8. The van der Waals surface area contributed by atoms with Gasteiger partial charge in [-0.1, -0.05) is 6.92 Å². The molecule has 0 aliphatic rings. The van der Waals surface area contributed by atoms with Crippen molar-refractivity contribution in [1.82, 2.24) is 9.71 Å². The summed E-state index contributed by atoms with van der Waals surface area (Å²) in [4.78, 5) is 4.29. The molecular formula is C12H17N3O3S2. The molecule has 0 aliphatic heterocycles. The summed E-state index contributed by atoms with van der Waals surface area (Å²) < 4.78 is 32.8. The molecule has 2 aromatic rings. The molecule has 0 aliphatic carbocycles. The molecule has 1 unspecified atom stereocenters. The Bertz CT molecular complexity index is 662. The topological polar surface area (TPSA) is 98.2 Å².